The van der Waals surface area contributed by atoms with Gasteiger partial charge in [-0.2, -0.15) is 0 Å². The average molecular weight is 401 g/mol. The molecule has 1 unspecified atom stereocenters. The number of benzene rings is 2. The Bertz CT molecular complexity index is 939. The van der Waals surface area contributed by atoms with Gasteiger partial charge in [-0.15, -0.1) is 11.3 Å². The number of ether oxygens (including phenoxy) is 1. The maximum Gasteiger partial charge on any atom is 0.184 e. The molecule has 142 valence electrons. The number of hydrogen-bond acceptors (Lipinski definition) is 4. The summed E-state index contributed by atoms with van der Waals surface area (Å²) in [5, 5.41) is 0. The van der Waals surface area contributed by atoms with Crippen molar-refractivity contribution >= 4 is 33.2 Å². The molecule has 1 aromatic heterocycles. The van der Waals surface area contributed by atoms with Crippen molar-refractivity contribution < 1.29 is 4.74 Å². The Kier molecular flexibility index (Phi) is 5.67. The summed E-state index contributed by atoms with van der Waals surface area (Å²) in [6.45, 7) is 2.13. The number of fused-ring (bicyclic) bond motifs is 2. The summed E-state index contributed by atoms with van der Waals surface area (Å²) in [5.41, 5.74) is 5.22. The van der Waals surface area contributed by atoms with E-state index in [1.54, 1.807) is 7.11 Å². The third-order valence-corrected chi connectivity index (χ3v) is 6.69. The fraction of sp³-hybridized carbons (Fsp3) is 0.409. The van der Waals surface area contributed by atoms with Crippen LogP contribution in [0.2, 0.25) is 4.47 Å². The lowest BCUT2D eigenvalue weighted by Crippen LogP contribution is -2.28. The van der Waals surface area contributed by atoms with Gasteiger partial charge in [-0.25, -0.2) is 4.98 Å². The average Bonchev–Trinajstić information content (AvgIpc) is 3.05. The molecule has 0 radical (unpaired) electrons. The molecule has 0 fully saturated rings. The molecule has 0 saturated heterocycles. The summed E-state index contributed by atoms with van der Waals surface area (Å²) in [7, 11) is 4.00. The number of halogens is 1. The molecule has 0 aliphatic heterocycles. The van der Waals surface area contributed by atoms with E-state index < -0.39 is 0 Å². The lowest BCUT2D eigenvalue weighted by atomic mass is 9.82. The van der Waals surface area contributed by atoms with E-state index in [0.717, 1.165) is 41.9 Å². The van der Waals surface area contributed by atoms with E-state index in [1.807, 2.05) is 0 Å². The summed E-state index contributed by atoms with van der Waals surface area (Å²) >= 11 is 7.56. The first-order valence-corrected chi connectivity index (χ1v) is 10.7. The van der Waals surface area contributed by atoms with Crippen LogP contribution in [0.25, 0.3) is 10.2 Å². The van der Waals surface area contributed by atoms with Crippen LogP contribution in [-0.2, 0) is 12.8 Å². The van der Waals surface area contributed by atoms with Crippen molar-refractivity contribution in [2.24, 2.45) is 0 Å². The normalized spacial score (nSPS) is 16.7. The maximum absolute atomic E-state index is 6.02. The minimum absolute atomic E-state index is 0.591. The van der Waals surface area contributed by atoms with Gasteiger partial charge in [0.1, 0.15) is 5.75 Å². The highest BCUT2D eigenvalue weighted by Crippen LogP contribution is 2.37. The van der Waals surface area contributed by atoms with Crippen molar-refractivity contribution in [2.75, 3.05) is 27.2 Å². The number of methoxy groups -OCH3 is 1. The number of likely N-dealkylation sites (N-methyl/N-ethyl adjacent to an activating group) is 1. The van der Waals surface area contributed by atoms with E-state index in [2.05, 4.69) is 53.3 Å². The Morgan fingerprint density at radius 1 is 1.30 bits per heavy atom. The molecule has 0 bridgehead atoms. The molecule has 3 nitrogen and oxygen atoms in total. The second kappa shape index (κ2) is 8.17. The van der Waals surface area contributed by atoms with Crippen molar-refractivity contribution in [3.8, 4) is 5.75 Å². The molecule has 0 N–H and O–H groups in total. The second-order valence-electron chi connectivity index (χ2n) is 7.40. The summed E-state index contributed by atoms with van der Waals surface area (Å²) in [4.78, 5) is 6.85. The minimum atomic E-state index is 0.591. The number of nitrogens with zero attached hydrogens (tertiary/aromatic N) is 2. The SMILES string of the molecule is COc1cccc2c1CCCC2CN(C)CCc1ccc2sc(Cl)nc2c1. The van der Waals surface area contributed by atoms with Crippen LogP contribution in [0.3, 0.4) is 0 Å². The van der Waals surface area contributed by atoms with Crippen LogP contribution in [0.15, 0.2) is 36.4 Å². The van der Waals surface area contributed by atoms with Crippen molar-refractivity contribution in [3.05, 3.63) is 57.6 Å². The number of rotatable bonds is 6. The Labute approximate surface area is 169 Å². The van der Waals surface area contributed by atoms with Crippen LogP contribution < -0.4 is 4.74 Å². The van der Waals surface area contributed by atoms with Crippen molar-refractivity contribution in [1.82, 2.24) is 9.88 Å². The molecule has 1 aliphatic carbocycles. The molecule has 5 heteroatoms. The number of aromatic nitrogens is 1. The van der Waals surface area contributed by atoms with E-state index >= 15 is 0 Å². The number of thiazole rings is 1. The molecule has 1 aliphatic rings. The van der Waals surface area contributed by atoms with Crippen LogP contribution in [-0.4, -0.2) is 37.1 Å². The standard InChI is InChI=1S/C22H25ClN2OS/c1-25(12-11-15-9-10-21-19(13-15)24-22(23)27-21)14-16-5-3-7-18-17(16)6-4-8-20(18)26-2/h4,6,8-10,13,16H,3,5,7,11-12,14H2,1-2H3. The maximum atomic E-state index is 6.02. The Balaban J connectivity index is 1.40. The lowest BCUT2D eigenvalue weighted by molar-refractivity contribution is 0.299. The monoisotopic (exact) mass is 400 g/mol. The highest BCUT2D eigenvalue weighted by molar-refractivity contribution is 7.22. The predicted molar refractivity (Wildman–Crippen MR) is 115 cm³/mol. The highest BCUT2D eigenvalue weighted by Gasteiger charge is 2.23. The van der Waals surface area contributed by atoms with Crippen LogP contribution in [0.1, 0.15) is 35.4 Å². The smallest absolute Gasteiger partial charge is 0.184 e. The van der Waals surface area contributed by atoms with Gasteiger partial charge in [0.2, 0.25) is 0 Å². The fourth-order valence-electron chi connectivity index (χ4n) is 4.18. The lowest BCUT2D eigenvalue weighted by Gasteiger charge is -2.30. The summed E-state index contributed by atoms with van der Waals surface area (Å²) in [5.74, 6) is 1.64. The summed E-state index contributed by atoms with van der Waals surface area (Å²) < 4.78 is 7.35. The molecule has 2 aromatic carbocycles. The van der Waals surface area contributed by atoms with Gasteiger partial charge >= 0.3 is 0 Å². The molecule has 0 saturated carbocycles. The van der Waals surface area contributed by atoms with Gasteiger partial charge in [-0.05, 0) is 73.5 Å². The van der Waals surface area contributed by atoms with E-state index in [0.29, 0.717) is 10.4 Å². The van der Waals surface area contributed by atoms with Crippen molar-refractivity contribution in [3.63, 3.8) is 0 Å². The van der Waals surface area contributed by atoms with Crippen LogP contribution in [0.5, 0.6) is 5.75 Å². The van der Waals surface area contributed by atoms with Gasteiger partial charge in [0, 0.05) is 13.1 Å². The fourth-order valence-corrected chi connectivity index (χ4v) is 5.19. The first-order chi connectivity index (χ1) is 13.1. The Morgan fingerprint density at radius 2 is 2.19 bits per heavy atom. The van der Waals surface area contributed by atoms with Gasteiger partial charge < -0.3 is 9.64 Å². The molecule has 0 amide bonds. The zero-order valence-electron chi connectivity index (χ0n) is 15.9. The zero-order chi connectivity index (χ0) is 18.8. The van der Waals surface area contributed by atoms with Crippen molar-refractivity contribution in [1.29, 1.82) is 0 Å². The molecule has 27 heavy (non-hydrogen) atoms. The third kappa shape index (κ3) is 4.13. The van der Waals surface area contributed by atoms with Crippen LogP contribution in [0, 0.1) is 0 Å². The number of hydrogen-bond donors (Lipinski definition) is 0. The van der Waals surface area contributed by atoms with Gasteiger partial charge in [-0.3, -0.25) is 0 Å². The Morgan fingerprint density at radius 3 is 3.04 bits per heavy atom. The molecule has 0 spiro atoms. The van der Waals surface area contributed by atoms with Crippen molar-refractivity contribution in [2.45, 2.75) is 31.6 Å². The van der Waals surface area contributed by atoms with E-state index in [1.165, 1.54) is 40.9 Å². The minimum Gasteiger partial charge on any atom is -0.496 e. The van der Waals surface area contributed by atoms with Gasteiger partial charge in [0.25, 0.3) is 0 Å². The summed E-state index contributed by atoms with van der Waals surface area (Å²) in [6, 6.07) is 13.0. The molecule has 1 heterocycles. The molecule has 3 aromatic rings. The second-order valence-corrected chi connectivity index (χ2v) is 9.01. The third-order valence-electron chi connectivity index (χ3n) is 5.55. The Hall–Kier alpha value is -1.62. The van der Waals surface area contributed by atoms with Gasteiger partial charge in [-0.1, -0.05) is 29.8 Å². The largest absolute Gasteiger partial charge is 0.496 e. The molecule has 1 atom stereocenters. The quantitative estimate of drug-likeness (QED) is 0.542. The highest BCUT2D eigenvalue weighted by atomic mass is 35.5. The molecular weight excluding hydrogens is 376 g/mol. The van der Waals surface area contributed by atoms with E-state index in [-0.39, 0.29) is 0 Å². The first-order valence-electron chi connectivity index (χ1n) is 9.53. The zero-order valence-corrected chi connectivity index (χ0v) is 17.4. The first kappa shape index (κ1) is 18.7. The van der Waals surface area contributed by atoms with Gasteiger partial charge in [0.05, 0.1) is 17.3 Å². The predicted octanol–water partition coefficient (Wildman–Crippen LogP) is 5.55. The van der Waals surface area contributed by atoms with E-state index in [4.69, 9.17) is 16.3 Å². The van der Waals surface area contributed by atoms with Gasteiger partial charge in [0.15, 0.2) is 4.47 Å². The molecular formula is C22H25ClN2OS. The van der Waals surface area contributed by atoms with Crippen LogP contribution >= 0.6 is 22.9 Å². The topological polar surface area (TPSA) is 25.4 Å². The van der Waals surface area contributed by atoms with E-state index in [9.17, 15) is 0 Å². The summed E-state index contributed by atoms with van der Waals surface area (Å²) in [6.07, 6.45) is 4.66. The molecule has 4 rings (SSSR count). The van der Waals surface area contributed by atoms with Crippen LogP contribution in [0.4, 0.5) is 0 Å².